The van der Waals surface area contributed by atoms with Crippen molar-refractivity contribution in [3.63, 3.8) is 0 Å². The van der Waals surface area contributed by atoms with Gasteiger partial charge in [-0.05, 0) is 93.1 Å². The van der Waals surface area contributed by atoms with Gasteiger partial charge in [0.2, 0.25) is 0 Å². The number of alkyl halides is 3. The van der Waals surface area contributed by atoms with Crippen molar-refractivity contribution in [2.75, 3.05) is 17.7 Å². The van der Waals surface area contributed by atoms with Crippen LogP contribution in [0.2, 0.25) is 0 Å². The summed E-state index contributed by atoms with van der Waals surface area (Å²) in [6.07, 6.45) is -2.63. The molecule has 0 spiro atoms. The number of aromatic nitrogens is 1. The second kappa shape index (κ2) is 14.4. The lowest BCUT2D eigenvalue weighted by Crippen LogP contribution is -2.54. The lowest BCUT2D eigenvalue weighted by molar-refractivity contribution is -0.213. The van der Waals surface area contributed by atoms with Gasteiger partial charge in [-0.15, -0.1) is 0 Å². The highest BCUT2D eigenvalue weighted by molar-refractivity contribution is 7.92. The Kier molecular flexibility index (Phi) is 10.5. The summed E-state index contributed by atoms with van der Waals surface area (Å²) in [6, 6.07) is 16.0. The Morgan fingerprint density at radius 1 is 1.02 bits per heavy atom. The molecule has 1 amide bonds. The van der Waals surface area contributed by atoms with Crippen LogP contribution >= 0.6 is 0 Å². The average Bonchev–Trinajstić information content (AvgIpc) is 3.02. The molecule has 1 heterocycles. The Labute approximate surface area is 287 Å². The predicted octanol–water partition coefficient (Wildman–Crippen LogP) is 6.02. The lowest BCUT2D eigenvalue weighted by atomic mass is 9.99. The van der Waals surface area contributed by atoms with Gasteiger partial charge >= 0.3 is 12.1 Å². The summed E-state index contributed by atoms with van der Waals surface area (Å²) in [5.74, 6) is -3.41. The Balaban J connectivity index is 1.65. The van der Waals surface area contributed by atoms with Crippen molar-refractivity contribution >= 4 is 44.0 Å². The van der Waals surface area contributed by atoms with Crippen LogP contribution in [0.15, 0.2) is 77.8 Å². The monoisotopic (exact) mass is 714 g/mol. The zero-order valence-corrected chi connectivity index (χ0v) is 28.4. The summed E-state index contributed by atoms with van der Waals surface area (Å²) < 4.78 is 85.3. The van der Waals surface area contributed by atoms with E-state index in [1.165, 1.54) is 48.7 Å². The van der Waals surface area contributed by atoms with Gasteiger partial charge in [-0.3, -0.25) is 4.79 Å². The number of hydrogen-bond acceptors (Lipinski definition) is 10. The average molecular weight is 715 g/mol. The molecular weight excluding hydrogens is 677 g/mol. The first-order valence-corrected chi connectivity index (χ1v) is 17.5. The molecule has 4 N–H and O–H groups in total. The fourth-order valence-electron chi connectivity index (χ4n) is 5.50. The van der Waals surface area contributed by atoms with Gasteiger partial charge in [-0.1, -0.05) is 24.6 Å². The maximum Gasteiger partial charge on any atom is 0.491 e. The van der Waals surface area contributed by atoms with Crippen molar-refractivity contribution in [1.82, 2.24) is 10.3 Å². The number of carbonyl (C=O) groups excluding carboxylic acids is 2. The van der Waals surface area contributed by atoms with Crippen molar-refractivity contribution in [3.05, 3.63) is 84.1 Å². The number of halogens is 3. The van der Waals surface area contributed by atoms with Gasteiger partial charge in [0.15, 0.2) is 21.3 Å². The van der Waals surface area contributed by atoms with E-state index in [0.29, 0.717) is 23.6 Å². The van der Waals surface area contributed by atoms with E-state index in [0.717, 1.165) is 6.42 Å². The van der Waals surface area contributed by atoms with E-state index in [-0.39, 0.29) is 51.7 Å². The Bertz CT molecular complexity index is 2000. The molecule has 1 atom stereocenters. The largest absolute Gasteiger partial charge is 0.491 e. The fraction of sp³-hybridized carbons (Fsp3) is 0.343. The molecule has 3 aromatic carbocycles. The molecular formula is C35H37F3N4O7S. The second-order valence-electron chi connectivity index (χ2n) is 12.0. The Hall–Kier alpha value is -5.05. The molecule has 1 aromatic heterocycles. The number of hydrogen-bond donors (Lipinski definition) is 3. The summed E-state index contributed by atoms with van der Waals surface area (Å²) in [6.45, 7) is 4.90. The van der Waals surface area contributed by atoms with Crippen LogP contribution in [-0.4, -0.2) is 49.4 Å². The first-order valence-electron chi connectivity index (χ1n) is 15.9. The minimum atomic E-state index is -5.51. The highest BCUT2D eigenvalue weighted by atomic mass is 32.2. The SMILES string of the molecule is CCOc1cc([C@@](Nc2ccc3c(N)nccc3c2)(OC(=O)C(F)(F)F)C(=O)NCc2ccccc2S(=O)(=O)C2CCC2)ccc1OC(C)C. The number of nitrogens with zero attached hydrogens (tertiary/aromatic N) is 1. The van der Waals surface area contributed by atoms with Gasteiger partial charge in [0.25, 0.3) is 11.6 Å². The molecule has 50 heavy (non-hydrogen) atoms. The first-order chi connectivity index (χ1) is 23.7. The number of esters is 1. The number of benzene rings is 3. The van der Waals surface area contributed by atoms with Gasteiger partial charge in [0.05, 0.1) is 22.9 Å². The number of fused-ring (bicyclic) bond motifs is 1. The third-order valence-electron chi connectivity index (χ3n) is 8.13. The summed E-state index contributed by atoms with van der Waals surface area (Å²) in [4.78, 5) is 31.2. The molecule has 1 saturated carbocycles. The van der Waals surface area contributed by atoms with Crippen LogP contribution in [0.5, 0.6) is 11.5 Å². The van der Waals surface area contributed by atoms with Crippen molar-refractivity contribution in [2.45, 2.75) is 74.7 Å². The first kappa shape index (κ1) is 36.2. The minimum absolute atomic E-state index is 0.00890. The second-order valence-corrected chi connectivity index (χ2v) is 14.2. The molecule has 4 aromatic rings. The minimum Gasteiger partial charge on any atom is -0.490 e. The summed E-state index contributed by atoms with van der Waals surface area (Å²) in [5, 5.41) is 5.74. The smallest absolute Gasteiger partial charge is 0.490 e. The maximum atomic E-state index is 14.4. The van der Waals surface area contributed by atoms with E-state index >= 15 is 0 Å². The molecule has 0 unspecified atom stereocenters. The van der Waals surface area contributed by atoms with E-state index in [2.05, 4.69) is 15.6 Å². The number of sulfone groups is 1. The highest BCUT2D eigenvalue weighted by Crippen LogP contribution is 2.39. The molecule has 0 aliphatic heterocycles. The van der Waals surface area contributed by atoms with Gasteiger partial charge < -0.3 is 30.6 Å². The van der Waals surface area contributed by atoms with Crippen molar-refractivity contribution in [1.29, 1.82) is 0 Å². The van der Waals surface area contributed by atoms with Crippen LogP contribution in [0, 0.1) is 0 Å². The van der Waals surface area contributed by atoms with Crippen LogP contribution in [0.1, 0.15) is 51.2 Å². The van der Waals surface area contributed by atoms with Crippen LogP contribution < -0.4 is 25.8 Å². The lowest BCUT2D eigenvalue weighted by Gasteiger charge is -2.35. The maximum absolute atomic E-state index is 14.4. The van der Waals surface area contributed by atoms with Crippen LogP contribution in [0.4, 0.5) is 24.7 Å². The van der Waals surface area contributed by atoms with E-state index < -0.39 is 45.4 Å². The zero-order chi connectivity index (χ0) is 36.3. The topological polar surface area (TPSA) is 159 Å². The summed E-state index contributed by atoms with van der Waals surface area (Å²) in [5.41, 5.74) is 3.12. The number of ether oxygens (including phenoxy) is 3. The van der Waals surface area contributed by atoms with Gasteiger partial charge in [-0.2, -0.15) is 13.2 Å². The van der Waals surface area contributed by atoms with E-state index in [9.17, 15) is 31.2 Å². The molecule has 1 aliphatic carbocycles. The Morgan fingerprint density at radius 3 is 2.42 bits per heavy atom. The van der Waals surface area contributed by atoms with Crippen LogP contribution in [0.25, 0.3) is 10.8 Å². The molecule has 0 saturated heterocycles. The number of amides is 1. The van der Waals surface area contributed by atoms with Crippen LogP contribution in [0.3, 0.4) is 0 Å². The van der Waals surface area contributed by atoms with Crippen LogP contribution in [-0.2, 0) is 36.4 Å². The summed E-state index contributed by atoms with van der Waals surface area (Å²) >= 11 is 0. The number of carbonyl (C=O) groups is 2. The third kappa shape index (κ3) is 7.57. The molecule has 0 radical (unpaired) electrons. The standard InChI is InChI=1S/C35H37F3N4O7S/c1-4-47-29-19-24(12-15-28(29)48-21(2)3)34(49-33(44)35(36,37)38,42-25-13-14-27-22(18-25)16-17-40-31(27)39)32(43)41-20-23-8-5-6-11-30(23)50(45,46)26-9-7-10-26/h5-6,8,11-19,21,26,42H,4,7,9-10,20H2,1-3H3,(H2,39,40)(H,41,43)/t34-/m1/s1. The highest BCUT2D eigenvalue weighted by Gasteiger charge is 2.52. The predicted molar refractivity (Wildman–Crippen MR) is 180 cm³/mol. The molecule has 15 heteroatoms. The number of anilines is 2. The Morgan fingerprint density at radius 2 is 1.76 bits per heavy atom. The van der Waals surface area contributed by atoms with E-state index in [4.69, 9.17) is 19.9 Å². The normalized spacial score (nSPS) is 14.8. The third-order valence-corrected chi connectivity index (χ3v) is 10.5. The molecule has 266 valence electrons. The van der Waals surface area contributed by atoms with Crippen molar-refractivity contribution in [3.8, 4) is 11.5 Å². The zero-order valence-electron chi connectivity index (χ0n) is 27.5. The fourth-order valence-corrected chi connectivity index (χ4v) is 7.59. The van der Waals surface area contributed by atoms with E-state index in [1.54, 1.807) is 45.0 Å². The number of rotatable bonds is 13. The number of pyridine rings is 1. The summed E-state index contributed by atoms with van der Waals surface area (Å²) in [7, 11) is -3.75. The van der Waals surface area contributed by atoms with Gasteiger partial charge in [-0.25, -0.2) is 18.2 Å². The quantitative estimate of drug-likeness (QED) is 0.111. The van der Waals surface area contributed by atoms with E-state index in [1.807, 2.05) is 0 Å². The number of nitrogen functional groups attached to an aromatic ring is 1. The molecule has 0 bridgehead atoms. The molecule has 11 nitrogen and oxygen atoms in total. The number of nitrogens with two attached hydrogens (primary N) is 1. The van der Waals surface area contributed by atoms with Crippen molar-refractivity contribution in [2.24, 2.45) is 0 Å². The van der Waals surface area contributed by atoms with Gasteiger partial charge in [0.1, 0.15) is 5.82 Å². The molecule has 1 aliphatic rings. The molecule has 1 fully saturated rings. The van der Waals surface area contributed by atoms with Gasteiger partial charge in [0, 0.05) is 29.4 Å². The van der Waals surface area contributed by atoms with Crippen molar-refractivity contribution < 1.29 is 45.4 Å². The molecule has 5 rings (SSSR count). The number of nitrogens with one attached hydrogen (secondary N) is 2.